The van der Waals surface area contributed by atoms with Crippen molar-refractivity contribution in [3.05, 3.63) is 51.7 Å². The van der Waals surface area contributed by atoms with Gasteiger partial charge in [0, 0.05) is 16.2 Å². The van der Waals surface area contributed by atoms with Gasteiger partial charge in [-0.25, -0.2) is 14.4 Å². The van der Waals surface area contributed by atoms with Crippen LogP contribution < -0.4 is 15.8 Å². The lowest BCUT2D eigenvalue weighted by atomic mass is 9.87. The first-order valence-corrected chi connectivity index (χ1v) is 11.7. The van der Waals surface area contributed by atoms with Gasteiger partial charge in [-0.15, -0.1) is 21.5 Å². The van der Waals surface area contributed by atoms with Crippen LogP contribution >= 0.6 is 23.1 Å². The summed E-state index contributed by atoms with van der Waals surface area (Å²) in [5.74, 6) is 2.07. The van der Waals surface area contributed by atoms with Crippen molar-refractivity contribution in [3.63, 3.8) is 0 Å². The van der Waals surface area contributed by atoms with Crippen molar-refractivity contribution in [2.24, 2.45) is 5.92 Å². The molecule has 3 aliphatic rings. The van der Waals surface area contributed by atoms with Crippen LogP contribution in [0.1, 0.15) is 41.1 Å². The number of hydrogen-bond donors (Lipinski definition) is 2. The Balaban J connectivity index is 1.41. The van der Waals surface area contributed by atoms with Crippen LogP contribution in [-0.2, 0) is 18.6 Å². The van der Waals surface area contributed by atoms with E-state index in [-0.39, 0.29) is 12.0 Å². The Bertz CT molecular complexity index is 1080. The number of aryl methyl sites for hydroxylation is 1. The summed E-state index contributed by atoms with van der Waals surface area (Å²) in [6.45, 7) is 3.07. The van der Waals surface area contributed by atoms with Crippen LogP contribution in [0.2, 0.25) is 0 Å². The molecule has 1 aliphatic carbocycles. The maximum atomic E-state index is 13.2. The summed E-state index contributed by atoms with van der Waals surface area (Å²) in [4.78, 5) is 1.51. The minimum atomic E-state index is -0.208. The van der Waals surface area contributed by atoms with Gasteiger partial charge in [0.1, 0.15) is 17.0 Å². The van der Waals surface area contributed by atoms with Gasteiger partial charge in [-0.2, -0.15) is 0 Å². The molecule has 1 fully saturated rings. The summed E-state index contributed by atoms with van der Waals surface area (Å²) in [5, 5.41) is 16.8. The van der Waals surface area contributed by atoms with Gasteiger partial charge in [-0.3, -0.25) is 10.3 Å². The minimum Gasteiger partial charge on any atom is -0.278 e. The molecule has 0 saturated carbocycles. The molecular weight excluding hydrogens is 407 g/mol. The fourth-order valence-corrected chi connectivity index (χ4v) is 6.78. The second kappa shape index (κ2) is 6.80. The lowest BCUT2D eigenvalue weighted by molar-refractivity contribution is 0.495. The second-order valence-corrected chi connectivity index (χ2v) is 9.94. The number of aromatic nitrogens is 3. The van der Waals surface area contributed by atoms with Gasteiger partial charge in [0.05, 0.1) is 6.67 Å². The summed E-state index contributed by atoms with van der Waals surface area (Å²) >= 11 is 3.54. The Kier molecular flexibility index (Phi) is 4.19. The number of anilines is 1. The van der Waals surface area contributed by atoms with Crippen LogP contribution in [-0.4, -0.2) is 21.4 Å². The molecule has 0 radical (unpaired) electrons. The second-order valence-electron chi connectivity index (χ2n) is 7.92. The molecule has 1 unspecified atom stereocenters. The van der Waals surface area contributed by atoms with Crippen LogP contribution in [0.15, 0.2) is 29.4 Å². The highest BCUT2D eigenvalue weighted by Gasteiger charge is 2.42. The van der Waals surface area contributed by atoms with Gasteiger partial charge in [0.2, 0.25) is 5.95 Å². The smallest absolute Gasteiger partial charge is 0.249 e. The topological polar surface area (TPSA) is 58.0 Å². The van der Waals surface area contributed by atoms with Crippen LogP contribution in [0.3, 0.4) is 0 Å². The number of hydrazine groups is 1. The van der Waals surface area contributed by atoms with Gasteiger partial charge in [0.15, 0.2) is 5.16 Å². The zero-order valence-electron chi connectivity index (χ0n) is 16.0. The molecule has 150 valence electrons. The molecule has 4 heterocycles. The number of hydrogen-bond acceptors (Lipinski definition) is 7. The molecule has 1 aromatic carbocycles. The van der Waals surface area contributed by atoms with Crippen LogP contribution in [0.4, 0.5) is 10.3 Å². The average Bonchev–Trinajstić information content (AvgIpc) is 3.43. The molecule has 6 nitrogen and oxygen atoms in total. The fourth-order valence-electron chi connectivity index (χ4n) is 4.46. The maximum Gasteiger partial charge on any atom is 0.249 e. The van der Waals surface area contributed by atoms with E-state index < -0.39 is 0 Å². The number of rotatable bonds is 3. The Morgan fingerprint density at radius 3 is 3.00 bits per heavy atom. The summed E-state index contributed by atoms with van der Waals surface area (Å²) in [5.41, 5.74) is 7.39. The third-order valence-electron chi connectivity index (χ3n) is 5.92. The first kappa shape index (κ1) is 17.9. The highest BCUT2D eigenvalue weighted by atomic mass is 32.2. The largest absolute Gasteiger partial charge is 0.278 e. The molecule has 1 saturated heterocycles. The molecule has 2 aliphatic heterocycles. The van der Waals surface area contributed by atoms with Crippen molar-refractivity contribution in [2.75, 3.05) is 11.7 Å². The quantitative estimate of drug-likeness (QED) is 0.620. The van der Waals surface area contributed by atoms with Gasteiger partial charge < -0.3 is 0 Å². The van der Waals surface area contributed by atoms with Crippen molar-refractivity contribution in [1.29, 1.82) is 0 Å². The molecular formula is C20H21FN6S2. The first-order valence-electron chi connectivity index (χ1n) is 9.92. The van der Waals surface area contributed by atoms with Crippen molar-refractivity contribution < 1.29 is 4.39 Å². The lowest BCUT2D eigenvalue weighted by Gasteiger charge is -2.31. The molecule has 0 amide bonds. The lowest BCUT2D eigenvalue weighted by Crippen LogP contribution is -2.39. The van der Waals surface area contributed by atoms with E-state index in [1.54, 1.807) is 11.8 Å². The van der Waals surface area contributed by atoms with E-state index in [4.69, 9.17) is 0 Å². The number of thioether (sulfide) groups is 1. The van der Waals surface area contributed by atoms with E-state index in [9.17, 15) is 4.39 Å². The van der Waals surface area contributed by atoms with E-state index in [1.165, 1.54) is 39.6 Å². The molecule has 3 aromatic rings. The fraction of sp³-hybridized carbons (Fsp3) is 0.400. The van der Waals surface area contributed by atoms with Gasteiger partial charge in [-0.05, 0) is 48.4 Å². The van der Waals surface area contributed by atoms with E-state index in [0.29, 0.717) is 0 Å². The van der Waals surface area contributed by atoms with Crippen molar-refractivity contribution >= 4 is 29.0 Å². The highest BCUT2D eigenvalue weighted by molar-refractivity contribution is 7.98. The number of halogens is 1. The van der Waals surface area contributed by atoms with Crippen molar-refractivity contribution in [2.45, 2.75) is 43.3 Å². The molecule has 2 N–H and O–H groups in total. The monoisotopic (exact) mass is 428 g/mol. The zero-order chi connectivity index (χ0) is 19.5. The van der Waals surface area contributed by atoms with E-state index in [0.717, 1.165) is 47.8 Å². The van der Waals surface area contributed by atoms with Crippen LogP contribution in [0.5, 0.6) is 0 Å². The number of nitrogens with one attached hydrogen (secondary N) is 2. The van der Waals surface area contributed by atoms with Gasteiger partial charge in [-0.1, -0.05) is 30.8 Å². The van der Waals surface area contributed by atoms with Crippen molar-refractivity contribution in [3.8, 4) is 5.00 Å². The van der Waals surface area contributed by atoms with E-state index in [1.807, 2.05) is 23.5 Å². The van der Waals surface area contributed by atoms with E-state index >= 15 is 0 Å². The molecule has 2 atom stereocenters. The Morgan fingerprint density at radius 2 is 2.14 bits per heavy atom. The maximum absolute atomic E-state index is 13.2. The number of benzene rings is 1. The normalized spacial score (nSPS) is 22.2. The summed E-state index contributed by atoms with van der Waals surface area (Å²) in [6.07, 6.45) is 3.67. The predicted octanol–water partition coefficient (Wildman–Crippen LogP) is 3.77. The number of fused-ring (bicyclic) bond motifs is 8. The van der Waals surface area contributed by atoms with Crippen molar-refractivity contribution in [1.82, 2.24) is 25.5 Å². The van der Waals surface area contributed by atoms with Crippen LogP contribution in [0, 0.1) is 11.7 Å². The first-order chi connectivity index (χ1) is 14.2. The van der Waals surface area contributed by atoms with Gasteiger partial charge >= 0.3 is 0 Å². The Morgan fingerprint density at radius 1 is 1.28 bits per heavy atom. The molecule has 9 heteroatoms. The number of thiophene rings is 1. The minimum absolute atomic E-state index is 0.113. The summed E-state index contributed by atoms with van der Waals surface area (Å²) in [7, 11) is 0. The van der Waals surface area contributed by atoms with E-state index in [2.05, 4.69) is 37.4 Å². The Labute approximate surface area is 176 Å². The summed E-state index contributed by atoms with van der Waals surface area (Å²) < 4.78 is 15.4. The molecule has 0 bridgehead atoms. The Hall–Kier alpha value is -1.94. The van der Waals surface area contributed by atoms with Crippen LogP contribution in [0.25, 0.3) is 5.00 Å². The molecule has 2 aromatic heterocycles. The standard InChI is InChI=1S/C20H21FN6S2/c1-11-2-7-15-14(8-11)16-17-22-10-23-27(17)19-24-25-20(26(19)18(16)29-15)28-9-12-3-5-13(21)6-4-12/h3-6,11,17,22-23H,2,7-10H2,1H3/t11-,17?/m1/s1. The molecule has 0 spiro atoms. The SMILES string of the molecule is C[C@@H]1CCc2sc3c(c2C1)C1NCNN1c1nnc(SCc2ccc(F)cc2)n1-3. The average molecular weight is 429 g/mol. The highest BCUT2D eigenvalue weighted by Crippen LogP contribution is 2.48. The number of nitrogens with zero attached hydrogens (tertiary/aromatic N) is 4. The van der Waals surface area contributed by atoms with Gasteiger partial charge in [0.25, 0.3) is 0 Å². The zero-order valence-corrected chi connectivity index (χ0v) is 17.6. The third kappa shape index (κ3) is 2.83. The third-order valence-corrected chi connectivity index (χ3v) is 8.21. The molecule has 29 heavy (non-hydrogen) atoms. The molecule has 6 rings (SSSR count). The summed E-state index contributed by atoms with van der Waals surface area (Å²) in [6, 6.07) is 6.67. The predicted molar refractivity (Wildman–Crippen MR) is 113 cm³/mol.